The number of methoxy groups -OCH3 is 2. The zero-order valence-corrected chi connectivity index (χ0v) is 10.6. The molecule has 0 saturated carbocycles. The van der Waals surface area contributed by atoms with E-state index in [4.69, 9.17) is 9.47 Å². The number of nitrogens with one attached hydrogen (secondary N) is 1. The average Bonchev–Trinajstić information content (AvgIpc) is 2.36. The van der Waals surface area contributed by atoms with Gasteiger partial charge >= 0.3 is 6.18 Å². The normalized spacial score (nSPS) is 13.2. The Morgan fingerprint density at radius 2 is 1.95 bits per heavy atom. The standard InChI is InChI=1S/C12H16F3NO3/c1-18-8-3-4-11(19-2)9(5-8)10(17)6-16-7-12(13,14)15/h3-5,10,16-17H,6-7H2,1-2H3. The topological polar surface area (TPSA) is 50.7 Å². The molecule has 0 amide bonds. The number of aliphatic hydroxyl groups is 1. The summed E-state index contributed by atoms with van der Waals surface area (Å²) in [5.74, 6) is 0.882. The van der Waals surface area contributed by atoms with E-state index < -0.39 is 18.8 Å². The number of hydrogen-bond acceptors (Lipinski definition) is 4. The van der Waals surface area contributed by atoms with E-state index in [0.717, 1.165) is 0 Å². The molecule has 1 aromatic carbocycles. The van der Waals surface area contributed by atoms with Crippen LogP contribution in [0.1, 0.15) is 11.7 Å². The molecule has 0 fully saturated rings. The highest BCUT2D eigenvalue weighted by molar-refractivity contribution is 5.41. The largest absolute Gasteiger partial charge is 0.497 e. The van der Waals surface area contributed by atoms with Gasteiger partial charge in [0.2, 0.25) is 0 Å². The number of rotatable bonds is 6. The summed E-state index contributed by atoms with van der Waals surface area (Å²) < 4.78 is 46.0. The predicted molar refractivity (Wildman–Crippen MR) is 63.4 cm³/mol. The molecule has 7 heteroatoms. The Morgan fingerprint density at radius 1 is 1.26 bits per heavy atom. The van der Waals surface area contributed by atoms with E-state index in [9.17, 15) is 18.3 Å². The van der Waals surface area contributed by atoms with Gasteiger partial charge in [-0.3, -0.25) is 0 Å². The van der Waals surface area contributed by atoms with Crippen molar-refractivity contribution in [1.29, 1.82) is 0 Å². The molecule has 0 spiro atoms. The van der Waals surface area contributed by atoms with Crippen LogP contribution in [0.5, 0.6) is 11.5 Å². The first-order valence-electron chi connectivity index (χ1n) is 5.55. The summed E-state index contributed by atoms with van der Waals surface area (Å²) in [5.41, 5.74) is 0.372. The molecule has 108 valence electrons. The maximum Gasteiger partial charge on any atom is 0.401 e. The Hall–Kier alpha value is -1.47. The molecule has 2 N–H and O–H groups in total. The Kier molecular flexibility index (Phi) is 5.44. The van der Waals surface area contributed by atoms with Gasteiger partial charge in [-0.05, 0) is 18.2 Å². The highest BCUT2D eigenvalue weighted by Crippen LogP contribution is 2.29. The summed E-state index contributed by atoms with van der Waals surface area (Å²) in [5, 5.41) is 12.0. The van der Waals surface area contributed by atoms with Crippen LogP contribution in [0.15, 0.2) is 18.2 Å². The van der Waals surface area contributed by atoms with E-state index in [0.29, 0.717) is 17.1 Å². The monoisotopic (exact) mass is 279 g/mol. The van der Waals surface area contributed by atoms with Crippen LogP contribution in [-0.2, 0) is 0 Å². The summed E-state index contributed by atoms with van der Waals surface area (Å²) in [6.07, 6.45) is -5.43. The molecule has 1 unspecified atom stereocenters. The Labute approximate surface area is 109 Å². The first-order valence-corrected chi connectivity index (χ1v) is 5.55. The SMILES string of the molecule is COc1ccc(OC)c(C(O)CNCC(F)(F)F)c1. The molecule has 0 saturated heterocycles. The molecule has 1 rings (SSSR count). The van der Waals surface area contributed by atoms with Crippen molar-refractivity contribution in [1.82, 2.24) is 5.32 Å². The molecule has 0 aliphatic rings. The van der Waals surface area contributed by atoms with E-state index in [1.165, 1.54) is 20.3 Å². The number of benzene rings is 1. The van der Waals surface area contributed by atoms with Crippen LogP contribution in [-0.4, -0.2) is 38.6 Å². The van der Waals surface area contributed by atoms with E-state index in [1.54, 1.807) is 12.1 Å². The van der Waals surface area contributed by atoms with Crippen LogP contribution in [0.3, 0.4) is 0 Å². The zero-order chi connectivity index (χ0) is 14.5. The Morgan fingerprint density at radius 3 is 2.47 bits per heavy atom. The minimum absolute atomic E-state index is 0.233. The highest BCUT2D eigenvalue weighted by Gasteiger charge is 2.27. The number of halogens is 3. The Bertz CT molecular complexity index is 410. The lowest BCUT2D eigenvalue weighted by molar-refractivity contribution is -0.125. The molecule has 0 bridgehead atoms. The zero-order valence-electron chi connectivity index (χ0n) is 10.6. The average molecular weight is 279 g/mol. The fourth-order valence-electron chi connectivity index (χ4n) is 1.56. The second-order valence-corrected chi connectivity index (χ2v) is 3.87. The lowest BCUT2D eigenvalue weighted by atomic mass is 10.1. The van der Waals surface area contributed by atoms with Gasteiger partial charge in [-0.25, -0.2) is 0 Å². The van der Waals surface area contributed by atoms with E-state index in [2.05, 4.69) is 5.32 Å². The van der Waals surface area contributed by atoms with Gasteiger partial charge in [0, 0.05) is 12.1 Å². The molecule has 1 aromatic rings. The highest BCUT2D eigenvalue weighted by atomic mass is 19.4. The lowest BCUT2D eigenvalue weighted by Gasteiger charge is -2.17. The van der Waals surface area contributed by atoms with Gasteiger partial charge in [0.25, 0.3) is 0 Å². The van der Waals surface area contributed by atoms with Crippen LogP contribution < -0.4 is 14.8 Å². The first-order chi connectivity index (χ1) is 8.87. The lowest BCUT2D eigenvalue weighted by Crippen LogP contribution is -2.32. The molecular formula is C12H16F3NO3. The van der Waals surface area contributed by atoms with Crippen LogP contribution in [0.2, 0.25) is 0 Å². The molecule has 4 nitrogen and oxygen atoms in total. The van der Waals surface area contributed by atoms with Crippen LogP contribution >= 0.6 is 0 Å². The van der Waals surface area contributed by atoms with Crippen molar-refractivity contribution < 1.29 is 27.8 Å². The molecule has 19 heavy (non-hydrogen) atoms. The number of alkyl halides is 3. The van der Waals surface area contributed by atoms with E-state index in [-0.39, 0.29) is 6.54 Å². The van der Waals surface area contributed by atoms with Crippen LogP contribution in [0, 0.1) is 0 Å². The molecule has 0 aromatic heterocycles. The smallest absolute Gasteiger partial charge is 0.401 e. The van der Waals surface area contributed by atoms with Gasteiger partial charge in [0.05, 0.1) is 26.9 Å². The van der Waals surface area contributed by atoms with Crippen molar-refractivity contribution in [3.05, 3.63) is 23.8 Å². The molecule has 1 atom stereocenters. The second kappa shape index (κ2) is 6.63. The predicted octanol–water partition coefficient (Wildman–Crippen LogP) is 1.89. The van der Waals surface area contributed by atoms with Gasteiger partial charge in [-0.15, -0.1) is 0 Å². The molecule has 0 aliphatic heterocycles. The molecule has 0 aliphatic carbocycles. The van der Waals surface area contributed by atoms with Crippen molar-refractivity contribution in [3.63, 3.8) is 0 Å². The fraction of sp³-hybridized carbons (Fsp3) is 0.500. The van der Waals surface area contributed by atoms with Crippen molar-refractivity contribution in [2.45, 2.75) is 12.3 Å². The maximum absolute atomic E-state index is 12.0. The van der Waals surface area contributed by atoms with Crippen LogP contribution in [0.4, 0.5) is 13.2 Å². The molecular weight excluding hydrogens is 263 g/mol. The maximum atomic E-state index is 12.0. The summed E-state index contributed by atoms with van der Waals surface area (Å²) >= 11 is 0. The van der Waals surface area contributed by atoms with Gasteiger partial charge in [0.1, 0.15) is 11.5 Å². The van der Waals surface area contributed by atoms with E-state index >= 15 is 0 Å². The van der Waals surface area contributed by atoms with Crippen LogP contribution in [0.25, 0.3) is 0 Å². The third-order valence-electron chi connectivity index (χ3n) is 2.46. The van der Waals surface area contributed by atoms with Gasteiger partial charge in [-0.2, -0.15) is 13.2 Å². The number of ether oxygens (including phenoxy) is 2. The summed E-state index contributed by atoms with van der Waals surface area (Å²) in [7, 11) is 2.88. The van der Waals surface area contributed by atoms with Crippen molar-refractivity contribution >= 4 is 0 Å². The third kappa shape index (κ3) is 4.96. The second-order valence-electron chi connectivity index (χ2n) is 3.87. The van der Waals surface area contributed by atoms with Crippen molar-refractivity contribution in [2.24, 2.45) is 0 Å². The first kappa shape index (κ1) is 15.6. The third-order valence-corrected chi connectivity index (χ3v) is 2.46. The van der Waals surface area contributed by atoms with Crippen molar-refractivity contribution in [3.8, 4) is 11.5 Å². The minimum atomic E-state index is -4.31. The summed E-state index contributed by atoms with van der Waals surface area (Å²) in [6, 6.07) is 4.75. The van der Waals surface area contributed by atoms with Crippen molar-refractivity contribution in [2.75, 3.05) is 27.3 Å². The Balaban J connectivity index is 2.72. The van der Waals surface area contributed by atoms with Gasteiger partial charge < -0.3 is 19.9 Å². The van der Waals surface area contributed by atoms with E-state index in [1.807, 2.05) is 0 Å². The minimum Gasteiger partial charge on any atom is -0.497 e. The summed E-state index contributed by atoms with van der Waals surface area (Å²) in [4.78, 5) is 0. The molecule has 0 radical (unpaired) electrons. The van der Waals surface area contributed by atoms with Gasteiger partial charge in [0.15, 0.2) is 0 Å². The quantitative estimate of drug-likeness (QED) is 0.835. The molecule has 0 heterocycles. The number of aliphatic hydroxyl groups excluding tert-OH is 1. The fourth-order valence-corrected chi connectivity index (χ4v) is 1.56. The van der Waals surface area contributed by atoms with Gasteiger partial charge in [-0.1, -0.05) is 0 Å². The summed E-state index contributed by atoms with van der Waals surface area (Å²) in [6.45, 7) is -1.39. The number of hydrogen-bond donors (Lipinski definition) is 2.